The van der Waals surface area contributed by atoms with Crippen LogP contribution in [0.25, 0.3) is 0 Å². The third-order valence-electron chi connectivity index (χ3n) is 2.20. The number of ketones is 1. The van der Waals surface area contributed by atoms with Gasteiger partial charge in [0.1, 0.15) is 0 Å². The van der Waals surface area contributed by atoms with Gasteiger partial charge in [0.15, 0.2) is 13.7 Å². The van der Waals surface area contributed by atoms with Crippen LogP contribution >= 0.6 is 0 Å². The molecule has 4 nitrogen and oxygen atoms in total. The Bertz CT molecular complexity index is 553. The molecule has 0 aliphatic rings. The zero-order chi connectivity index (χ0) is 11.7. The Morgan fingerprint density at radius 1 is 1.56 bits per heavy atom. The highest BCUT2D eigenvalue weighted by Crippen LogP contribution is 2.08. The van der Waals surface area contributed by atoms with Crippen molar-refractivity contribution in [3.05, 3.63) is 41.9 Å². The average Bonchev–Trinajstić information content (AvgIpc) is 2.58. The summed E-state index contributed by atoms with van der Waals surface area (Å²) in [6.45, 7) is 0. The van der Waals surface area contributed by atoms with Crippen molar-refractivity contribution in [2.75, 3.05) is 0 Å². The Hall–Kier alpha value is -1.98. The van der Waals surface area contributed by atoms with Crippen LogP contribution in [0.5, 0.6) is 0 Å². The Labute approximate surface area is 92.6 Å². The highest BCUT2D eigenvalue weighted by Gasteiger charge is 2.18. The van der Waals surface area contributed by atoms with Gasteiger partial charge in [0.05, 0.1) is 5.56 Å². The minimum Gasteiger partial charge on any atom is -0.332 e. The summed E-state index contributed by atoms with van der Waals surface area (Å²) < 4.78 is 14.9. The van der Waals surface area contributed by atoms with E-state index in [0.29, 0.717) is 0 Å². The quantitative estimate of drug-likeness (QED) is 0.385. The molecule has 0 atom stereocenters. The predicted octanol–water partition coefficient (Wildman–Crippen LogP) is -0.556. The van der Waals surface area contributed by atoms with Crippen LogP contribution in [0.15, 0.2) is 24.5 Å². The van der Waals surface area contributed by atoms with Crippen LogP contribution in [0.4, 0.5) is 4.39 Å². The molecule has 0 N–H and O–H groups in total. The molecule has 0 saturated carbocycles. The predicted molar refractivity (Wildman–Crippen MR) is 59.0 cm³/mol. The number of halogens is 1. The minimum absolute atomic E-state index is 0.0591. The smallest absolute Gasteiger partial charge is 0.233 e. The van der Waals surface area contributed by atoms with E-state index < -0.39 is 11.7 Å². The number of hydrogen-bond donors (Lipinski definition) is 0. The Morgan fingerprint density at radius 3 is 2.88 bits per heavy atom. The SMILES string of the molecule is Bc1cn(C)c(C(=O)c2cccnc2F)n1. The summed E-state index contributed by atoms with van der Waals surface area (Å²) in [6.07, 6.45) is 3.01. The van der Waals surface area contributed by atoms with Crippen LogP contribution < -0.4 is 5.59 Å². The number of pyridine rings is 1. The van der Waals surface area contributed by atoms with Crippen molar-refractivity contribution >= 4 is 19.2 Å². The first-order chi connectivity index (χ1) is 7.59. The van der Waals surface area contributed by atoms with Gasteiger partial charge in [-0.15, -0.1) is 0 Å². The number of aromatic nitrogens is 3. The maximum Gasteiger partial charge on any atom is 0.233 e. The molecule has 0 saturated heterocycles. The van der Waals surface area contributed by atoms with Crippen LogP contribution in [0.1, 0.15) is 16.2 Å². The zero-order valence-corrected chi connectivity index (χ0v) is 8.94. The Balaban J connectivity index is 2.47. The number of nitrogens with zero attached hydrogens (tertiary/aromatic N) is 3. The minimum atomic E-state index is -0.770. The van der Waals surface area contributed by atoms with Gasteiger partial charge in [-0.2, -0.15) is 4.39 Å². The lowest BCUT2D eigenvalue weighted by molar-refractivity contribution is 0.102. The molecule has 2 heterocycles. The molecule has 0 aliphatic carbocycles. The third-order valence-corrected chi connectivity index (χ3v) is 2.20. The molecule has 0 aliphatic heterocycles. The lowest BCUT2D eigenvalue weighted by Gasteiger charge is -2.01. The van der Waals surface area contributed by atoms with E-state index >= 15 is 0 Å². The second-order valence-corrected chi connectivity index (χ2v) is 3.49. The van der Waals surface area contributed by atoms with E-state index in [2.05, 4.69) is 9.97 Å². The number of carbonyl (C=O) groups is 1. The highest BCUT2D eigenvalue weighted by atomic mass is 19.1. The molecular formula is C10H9BFN3O. The summed E-state index contributed by atoms with van der Waals surface area (Å²) in [6, 6.07) is 2.92. The van der Waals surface area contributed by atoms with Crippen molar-refractivity contribution in [2.24, 2.45) is 7.05 Å². The van der Waals surface area contributed by atoms with Crippen molar-refractivity contribution in [2.45, 2.75) is 0 Å². The molecule has 2 aromatic heterocycles. The first kappa shape index (κ1) is 10.5. The standard InChI is InChI=1S/C10H9BFN3O/c1-15-5-7(11)14-10(15)8(16)6-3-2-4-13-9(6)12/h2-5H,11H2,1H3. The van der Waals surface area contributed by atoms with E-state index in [-0.39, 0.29) is 11.4 Å². The zero-order valence-electron chi connectivity index (χ0n) is 8.94. The molecule has 0 unspecified atom stereocenters. The summed E-state index contributed by atoms with van der Waals surface area (Å²) in [7, 11) is 3.47. The molecule has 80 valence electrons. The van der Waals surface area contributed by atoms with Crippen LogP contribution in [0, 0.1) is 5.95 Å². The fourth-order valence-corrected chi connectivity index (χ4v) is 1.50. The Kier molecular flexibility index (Phi) is 2.56. The topological polar surface area (TPSA) is 47.8 Å². The second-order valence-electron chi connectivity index (χ2n) is 3.49. The first-order valence-corrected chi connectivity index (χ1v) is 4.75. The van der Waals surface area contributed by atoms with E-state index in [1.165, 1.54) is 18.3 Å². The van der Waals surface area contributed by atoms with Gasteiger partial charge in [-0.1, -0.05) is 0 Å². The van der Waals surface area contributed by atoms with Gasteiger partial charge in [-0.3, -0.25) is 4.79 Å². The lowest BCUT2D eigenvalue weighted by atomic mass is 10.1. The molecular weight excluding hydrogens is 208 g/mol. The molecule has 0 bridgehead atoms. The van der Waals surface area contributed by atoms with Gasteiger partial charge in [0, 0.05) is 25.0 Å². The van der Waals surface area contributed by atoms with E-state index in [1.54, 1.807) is 25.7 Å². The molecule has 16 heavy (non-hydrogen) atoms. The van der Waals surface area contributed by atoms with Gasteiger partial charge in [0.2, 0.25) is 11.7 Å². The second kappa shape index (κ2) is 3.88. The van der Waals surface area contributed by atoms with E-state index in [9.17, 15) is 9.18 Å². The molecule has 6 heteroatoms. The van der Waals surface area contributed by atoms with Crippen LogP contribution in [0.3, 0.4) is 0 Å². The average molecular weight is 217 g/mol. The molecule has 0 spiro atoms. The van der Waals surface area contributed by atoms with Gasteiger partial charge in [0.25, 0.3) is 0 Å². The van der Waals surface area contributed by atoms with Gasteiger partial charge in [-0.25, -0.2) is 9.97 Å². The number of imidazole rings is 1. The van der Waals surface area contributed by atoms with Gasteiger partial charge < -0.3 is 4.57 Å². The van der Waals surface area contributed by atoms with Crippen molar-refractivity contribution in [1.82, 2.24) is 14.5 Å². The monoisotopic (exact) mass is 217 g/mol. The molecule has 0 radical (unpaired) electrons. The lowest BCUT2D eigenvalue weighted by Crippen LogP contribution is -2.12. The summed E-state index contributed by atoms with van der Waals surface area (Å²) >= 11 is 0. The number of rotatable bonds is 2. The van der Waals surface area contributed by atoms with Crippen LogP contribution in [-0.4, -0.2) is 28.2 Å². The summed E-state index contributed by atoms with van der Waals surface area (Å²) in [5, 5.41) is 0. The van der Waals surface area contributed by atoms with E-state index in [4.69, 9.17) is 0 Å². The molecule has 0 aromatic carbocycles. The van der Waals surface area contributed by atoms with Crippen molar-refractivity contribution in [3.63, 3.8) is 0 Å². The summed E-state index contributed by atoms with van der Waals surface area (Å²) in [4.78, 5) is 19.4. The fraction of sp³-hybridized carbons (Fsp3) is 0.100. The van der Waals surface area contributed by atoms with Crippen LogP contribution in [0.2, 0.25) is 0 Å². The van der Waals surface area contributed by atoms with Crippen molar-refractivity contribution in [1.29, 1.82) is 0 Å². The van der Waals surface area contributed by atoms with E-state index in [0.717, 1.165) is 5.59 Å². The van der Waals surface area contributed by atoms with Crippen molar-refractivity contribution in [3.8, 4) is 0 Å². The molecule has 2 aromatic rings. The van der Waals surface area contributed by atoms with Gasteiger partial charge in [-0.05, 0) is 12.1 Å². The maximum atomic E-state index is 13.3. The molecule has 2 rings (SSSR count). The summed E-state index contributed by atoms with van der Waals surface area (Å²) in [5.74, 6) is -1.02. The largest absolute Gasteiger partial charge is 0.332 e. The summed E-state index contributed by atoms with van der Waals surface area (Å²) in [5.41, 5.74) is 0.659. The van der Waals surface area contributed by atoms with Crippen molar-refractivity contribution < 1.29 is 9.18 Å². The highest BCUT2D eigenvalue weighted by molar-refractivity contribution is 6.30. The first-order valence-electron chi connectivity index (χ1n) is 4.75. The normalized spacial score (nSPS) is 10.4. The number of aryl methyl sites for hydroxylation is 1. The van der Waals surface area contributed by atoms with Crippen LogP contribution in [-0.2, 0) is 7.05 Å². The molecule has 0 amide bonds. The maximum absolute atomic E-state index is 13.3. The number of carbonyl (C=O) groups excluding carboxylic acids is 1. The molecule has 0 fully saturated rings. The van der Waals surface area contributed by atoms with E-state index in [1.807, 2.05) is 0 Å². The van der Waals surface area contributed by atoms with Gasteiger partial charge >= 0.3 is 0 Å². The third kappa shape index (κ3) is 1.73. The Morgan fingerprint density at radius 2 is 2.31 bits per heavy atom. The fourth-order valence-electron chi connectivity index (χ4n) is 1.50. The number of hydrogen-bond acceptors (Lipinski definition) is 3.